The zero-order valence-corrected chi connectivity index (χ0v) is 17.0. The van der Waals surface area contributed by atoms with Gasteiger partial charge in [-0.25, -0.2) is 4.98 Å². The summed E-state index contributed by atoms with van der Waals surface area (Å²) in [7, 11) is 3.47. The Kier molecular flexibility index (Phi) is 6.57. The summed E-state index contributed by atoms with van der Waals surface area (Å²) in [6.45, 7) is 2.10. The summed E-state index contributed by atoms with van der Waals surface area (Å²) < 4.78 is 13.0. The average Bonchev–Trinajstić information content (AvgIpc) is 3.19. The van der Waals surface area contributed by atoms with Crippen LogP contribution in [0.25, 0.3) is 16.7 Å². The molecule has 3 aromatic heterocycles. The van der Waals surface area contributed by atoms with E-state index < -0.39 is 0 Å². The molecular weight excluding hydrogens is 387 g/mol. The number of aromatic nitrogens is 3. The highest BCUT2D eigenvalue weighted by atomic mass is 35.5. The Morgan fingerprint density at radius 3 is 2.67 bits per heavy atom. The highest BCUT2D eigenvalue weighted by Gasteiger charge is 2.10. The number of nitrogens with one attached hydrogen (secondary N) is 1. The van der Waals surface area contributed by atoms with E-state index in [4.69, 9.17) is 14.1 Å². The van der Waals surface area contributed by atoms with Crippen molar-refractivity contribution in [3.63, 3.8) is 0 Å². The summed E-state index contributed by atoms with van der Waals surface area (Å²) in [5.74, 6) is 0.820. The molecule has 8 heteroatoms. The summed E-state index contributed by atoms with van der Waals surface area (Å²) in [6.07, 6.45) is 3.77. The number of anilines is 1. The zero-order valence-electron chi connectivity index (χ0n) is 15.4. The summed E-state index contributed by atoms with van der Waals surface area (Å²) in [6, 6.07) is 10.6. The van der Waals surface area contributed by atoms with Gasteiger partial charge in [-0.3, -0.25) is 0 Å². The summed E-state index contributed by atoms with van der Waals surface area (Å²) >= 11 is 0. The van der Waals surface area contributed by atoms with Crippen LogP contribution in [0, 0.1) is 6.92 Å². The molecule has 1 aromatic carbocycles. The van der Waals surface area contributed by atoms with Gasteiger partial charge in [-0.2, -0.15) is 4.98 Å². The fourth-order valence-corrected chi connectivity index (χ4v) is 3.06. The molecule has 0 radical (unpaired) electrons. The number of hydrogen-bond acceptors (Lipinski definition) is 5. The average molecular weight is 409 g/mol. The first-order valence-electron chi connectivity index (χ1n) is 8.26. The number of aryl methyl sites for hydroxylation is 3. The molecule has 0 aliphatic carbocycles. The number of benzene rings is 1. The van der Waals surface area contributed by atoms with Crippen molar-refractivity contribution in [3.8, 4) is 5.75 Å². The molecule has 0 fully saturated rings. The maximum absolute atomic E-state index is 5.65. The van der Waals surface area contributed by atoms with E-state index in [9.17, 15) is 0 Å². The van der Waals surface area contributed by atoms with Crippen LogP contribution in [0.15, 0.2) is 40.9 Å². The van der Waals surface area contributed by atoms with Crippen molar-refractivity contribution in [3.05, 3.63) is 53.5 Å². The van der Waals surface area contributed by atoms with Crippen LogP contribution in [0.1, 0.15) is 17.0 Å². The normalized spacial score (nSPS) is 10.5. The molecular formula is C19H22Cl2N4O2. The maximum Gasteiger partial charge on any atom is 0.295 e. The molecule has 0 unspecified atom stereocenters. The number of hydrogen-bond donors (Lipinski definition) is 1. The number of methoxy groups -OCH3 is 1. The van der Waals surface area contributed by atoms with Crippen molar-refractivity contribution < 1.29 is 9.15 Å². The summed E-state index contributed by atoms with van der Waals surface area (Å²) in [5.41, 5.74) is 6.05. The Labute approximate surface area is 169 Å². The number of imidazole rings is 1. The van der Waals surface area contributed by atoms with Crippen LogP contribution in [0.2, 0.25) is 0 Å². The Hall–Kier alpha value is -2.44. The predicted molar refractivity (Wildman–Crippen MR) is 112 cm³/mol. The van der Waals surface area contributed by atoms with Gasteiger partial charge in [-0.15, -0.1) is 24.8 Å². The molecule has 0 aliphatic rings. The van der Waals surface area contributed by atoms with Crippen LogP contribution >= 0.6 is 24.8 Å². The van der Waals surface area contributed by atoms with E-state index in [0.29, 0.717) is 6.01 Å². The number of rotatable bonds is 5. The number of nitrogens with zero attached hydrogens (tertiary/aromatic N) is 3. The molecule has 27 heavy (non-hydrogen) atoms. The molecule has 0 atom stereocenters. The maximum atomic E-state index is 5.65. The lowest BCUT2D eigenvalue weighted by atomic mass is 10.1. The van der Waals surface area contributed by atoms with Crippen LogP contribution < -0.4 is 10.1 Å². The second-order valence-corrected chi connectivity index (χ2v) is 6.01. The van der Waals surface area contributed by atoms with E-state index in [1.807, 2.05) is 24.4 Å². The number of halogens is 2. The van der Waals surface area contributed by atoms with Gasteiger partial charge in [0.15, 0.2) is 5.58 Å². The lowest BCUT2D eigenvalue weighted by molar-refractivity contribution is 0.414. The monoisotopic (exact) mass is 408 g/mol. The lowest BCUT2D eigenvalue weighted by Crippen LogP contribution is -1.94. The number of oxazole rings is 1. The molecule has 0 aliphatic heterocycles. The largest absolute Gasteiger partial charge is 0.497 e. The van der Waals surface area contributed by atoms with Crippen molar-refractivity contribution in [2.75, 3.05) is 19.5 Å². The van der Waals surface area contributed by atoms with E-state index in [2.05, 4.69) is 33.8 Å². The first kappa shape index (κ1) is 20.9. The molecule has 1 N–H and O–H groups in total. The van der Waals surface area contributed by atoms with E-state index in [0.717, 1.165) is 46.7 Å². The van der Waals surface area contributed by atoms with Gasteiger partial charge in [0.25, 0.3) is 6.01 Å². The van der Waals surface area contributed by atoms with Gasteiger partial charge < -0.3 is 18.9 Å². The number of ether oxygens (including phenoxy) is 1. The molecule has 0 saturated heterocycles. The molecule has 0 saturated carbocycles. The topological polar surface area (TPSA) is 64.6 Å². The standard InChI is InChI=1S/C19H20N4O2.2ClH/c1-12-15(21-18-11-14(24-3)8-9-23(12)18)6-4-13-5-7-16-17(10-13)25-19(20-2)22-16;;/h5,7-11H,4,6H2,1-3H3,(H,20,22);2*1H. The van der Waals surface area contributed by atoms with Crippen molar-refractivity contribution in [2.24, 2.45) is 0 Å². The smallest absolute Gasteiger partial charge is 0.295 e. The van der Waals surface area contributed by atoms with Crippen molar-refractivity contribution in [1.82, 2.24) is 14.4 Å². The van der Waals surface area contributed by atoms with Crippen LogP contribution in [-0.2, 0) is 12.8 Å². The predicted octanol–water partition coefficient (Wildman–Crippen LogP) is 4.46. The molecule has 0 bridgehead atoms. The van der Waals surface area contributed by atoms with Crippen molar-refractivity contribution >= 4 is 47.6 Å². The van der Waals surface area contributed by atoms with Crippen LogP contribution in [-0.4, -0.2) is 28.5 Å². The first-order valence-corrected chi connectivity index (χ1v) is 8.26. The minimum absolute atomic E-state index is 0. The third kappa shape index (κ3) is 3.96. The molecule has 0 amide bonds. The number of pyridine rings is 1. The lowest BCUT2D eigenvalue weighted by Gasteiger charge is -2.01. The van der Waals surface area contributed by atoms with Gasteiger partial charge in [0.2, 0.25) is 0 Å². The fourth-order valence-electron chi connectivity index (χ4n) is 3.06. The minimum atomic E-state index is 0. The number of fused-ring (bicyclic) bond motifs is 2. The van der Waals surface area contributed by atoms with E-state index in [1.54, 1.807) is 14.2 Å². The van der Waals surface area contributed by atoms with Gasteiger partial charge in [-0.1, -0.05) is 6.07 Å². The second kappa shape index (κ2) is 8.50. The molecule has 4 rings (SSSR count). The highest BCUT2D eigenvalue weighted by molar-refractivity contribution is 5.85. The molecule has 4 aromatic rings. The molecule has 3 heterocycles. The third-order valence-electron chi connectivity index (χ3n) is 4.49. The molecule has 6 nitrogen and oxygen atoms in total. The third-order valence-corrected chi connectivity index (χ3v) is 4.49. The summed E-state index contributed by atoms with van der Waals surface area (Å²) in [5, 5.41) is 2.92. The Morgan fingerprint density at radius 2 is 1.93 bits per heavy atom. The first-order chi connectivity index (χ1) is 12.2. The Bertz CT molecular complexity index is 1060. The quantitative estimate of drug-likeness (QED) is 0.527. The Balaban J connectivity index is 0.00000131. The van der Waals surface area contributed by atoms with Gasteiger partial charge in [-0.05, 0) is 43.5 Å². The van der Waals surface area contributed by atoms with Crippen LogP contribution in [0.3, 0.4) is 0 Å². The highest BCUT2D eigenvalue weighted by Crippen LogP contribution is 2.22. The summed E-state index contributed by atoms with van der Waals surface area (Å²) in [4.78, 5) is 9.10. The van der Waals surface area contributed by atoms with E-state index in [-0.39, 0.29) is 24.8 Å². The van der Waals surface area contributed by atoms with Gasteiger partial charge in [0, 0.05) is 25.0 Å². The van der Waals surface area contributed by atoms with Crippen LogP contribution in [0.4, 0.5) is 6.01 Å². The molecule has 144 valence electrons. The van der Waals surface area contributed by atoms with Gasteiger partial charge in [0.1, 0.15) is 16.9 Å². The SMILES string of the molecule is CNc1nc2ccc(CCc3nc4cc(OC)ccn4c3C)cc2o1.Cl.Cl. The zero-order chi connectivity index (χ0) is 17.4. The van der Waals surface area contributed by atoms with Gasteiger partial charge in [0.05, 0.1) is 12.8 Å². The van der Waals surface area contributed by atoms with Gasteiger partial charge >= 0.3 is 0 Å². The van der Waals surface area contributed by atoms with Crippen LogP contribution in [0.5, 0.6) is 5.75 Å². The Morgan fingerprint density at radius 1 is 1.11 bits per heavy atom. The van der Waals surface area contributed by atoms with E-state index >= 15 is 0 Å². The minimum Gasteiger partial charge on any atom is -0.497 e. The van der Waals surface area contributed by atoms with Crippen molar-refractivity contribution in [1.29, 1.82) is 0 Å². The molecule has 0 spiro atoms. The fraction of sp³-hybridized carbons (Fsp3) is 0.263. The second-order valence-electron chi connectivity index (χ2n) is 6.01. The van der Waals surface area contributed by atoms with Crippen molar-refractivity contribution in [2.45, 2.75) is 19.8 Å². The van der Waals surface area contributed by atoms with E-state index in [1.165, 1.54) is 5.56 Å².